The van der Waals surface area contributed by atoms with Crippen molar-refractivity contribution in [3.05, 3.63) is 35.6 Å². The third kappa shape index (κ3) is 4.57. The lowest BCUT2D eigenvalue weighted by atomic mass is 10.0. The lowest BCUT2D eigenvalue weighted by Crippen LogP contribution is -2.48. The highest BCUT2D eigenvalue weighted by molar-refractivity contribution is 6.04. The molecule has 2 amide bonds. The summed E-state index contributed by atoms with van der Waals surface area (Å²) in [6, 6.07) is 5.89. The lowest BCUT2D eigenvalue weighted by molar-refractivity contribution is -0.133. The van der Waals surface area contributed by atoms with E-state index in [1.165, 1.54) is 12.1 Å². The van der Waals surface area contributed by atoms with E-state index in [2.05, 4.69) is 15.4 Å². The van der Waals surface area contributed by atoms with Crippen LogP contribution in [0.5, 0.6) is 0 Å². The van der Waals surface area contributed by atoms with Crippen LogP contribution in [0.25, 0.3) is 0 Å². The Morgan fingerprint density at radius 2 is 1.92 bits per heavy atom. The van der Waals surface area contributed by atoms with Crippen LogP contribution in [0, 0.1) is 5.82 Å². The molecule has 8 heteroatoms. The summed E-state index contributed by atoms with van der Waals surface area (Å²) in [6.45, 7) is 3.47. The number of carbonyl (C=O) groups is 2. The Balaban J connectivity index is 1.39. The van der Waals surface area contributed by atoms with E-state index >= 15 is 0 Å². The normalized spacial score (nSPS) is 20.5. The summed E-state index contributed by atoms with van der Waals surface area (Å²) < 4.78 is 13.0. The molecule has 1 aromatic rings. The number of piperazine rings is 1. The van der Waals surface area contributed by atoms with E-state index in [-0.39, 0.29) is 30.6 Å². The Kier molecular flexibility index (Phi) is 5.82. The minimum absolute atomic E-state index is 0.0500. The van der Waals surface area contributed by atoms with Crippen molar-refractivity contribution < 1.29 is 18.8 Å². The molecular weight excluding hydrogens is 339 g/mol. The molecule has 2 aliphatic heterocycles. The summed E-state index contributed by atoms with van der Waals surface area (Å²) in [4.78, 5) is 33.5. The standard InChI is InChI=1S/C18H23FN4O3/c1-22-8-10-23(11-9-22)17(24)6-7-20-18(25)16-12-15(21-26-16)13-2-4-14(19)5-3-13/h2-5,16H,6-12H2,1H3,(H,20,25). The third-order valence-electron chi connectivity index (χ3n) is 4.63. The van der Waals surface area contributed by atoms with Crippen LogP contribution < -0.4 is 5.32 Å². The molecule has 0 bridgehead atoms. The third-order valence-corrected chi connectivity index (χ3v) is 4.63. The van der Waals surface area contributed by atoms with E-state index in [9.17, 15) is 14.0 Å². The minimum atomic E-state index is -0.714. The molecule has 0 radical (unpaired) electrons. The number of oxime groups is 1. The number of benzene rings is 1. The molecule has 1 unspecified atom stereocenters. The molecule has 26 heavy (non-hydrogen) atoms. The Labute approximate surface area is 151 Å². The molecule has 1 saturated heterocycles. The maximum atomic E-state index is 13.0. The van der Waals surface area contributed by atoms with Gasteiger partial charge in [-0.1, -0.05) is 17.3 Å². The van der Waals surface area contributed by atoms with Crippen LogP contribution in [0.1, 0.15) is 18.4 Å². The molecule has 3 rings (SSSR count). The van der Waals surface area contributed by atoms with Gasteiger partial charge in [0.05, 0.1) is 5.71 Å². The number of nitrogens with one attached hydrogen (secondary N) is 1. The molecule has 2 aliphatic rings. The van der Waals surface area contributed by atoms with Gasteiger partial charge in [-0.15, -0.1) is 0 Å². The van der Waals surface area contributed by atoms with Gasteiger partial charge in [-0.3, -0.25) is 9.59 Å². The number of halogens is 1. The number of rotatable bonds is 5. The van der Waals surface area contributed by atoms with Crippen LogP contribution in [-0.4, -0.2) is 73.2 Å². The highest BCUT2D eigenvalue weighted by Crippen LogP contribution is 2.17. The highest BCUT2D eigenvalue weighted by atomic mass is 19.1. The van der Waals surface area contributed by atoms with E-state index in [1.54, 1.807) is 12.1 Å². The molecule has 140 valence electrons. The smallest absolute Gasteiger partial charge is 0.264 e. The van der Waals surface area contributed by atoms with Gasteiger partial charge in [0.15, 0.2) is 0 Å². The van der Waals surface area contributed by atoms with Crippen molar-refractivity contribution in [2.45, 2.75) is 18.9 Å². The summed E-state index contributed by atoms with van der Waals surface area (Å²) >= 11 is 0. The molecule has 0 saturated carbocycles. The minimum Gasteiger partial charge on any atom is -0.382 e. The number of likely N-dealkylation sites (N-methyl/N-ethyl adjacent to an activating group) is 1. The van der Waals surface area contributed by atoms with Crippen LogP contribution in [-0.2, 0) is 14.4 Å². The zero-order chi connectivity index (χ0) is 18.5. The molecule has 1 fully saturated rings. The summed E-state index contributed by atoms with van der Waals surface area (Å²) in [6.07, 6.45) is -0.119. The van der Waals surface area contributed by atoms with Crippen molar-refractivity contribution >= 4 is 17.5 Å². The van der Waals surface area contributed by atoms with Crippen molar-refractivity contribution in [1.82, 2.24) is 15.1 Å². The fraction of sp³-hybridized carbons (Fsp3) is 0.500. The second kappa shape index (κ2) is 8.27. The van der Waals surface area contributed by atoms with Gasteiger partial charge in [0.25, 0.3) is 5.91 Å². The Morgan fingerprint density at radius 1 is 1.23 bits per heavy atom. The van der Waals surface area contributed by atoms with Gasteiger partial charge in [0.1, 0.15) is 5.82 Å². The zero-order valence-electron chi connectivity index (χ0n) is 14.8. The summed E-state index contributed by atoms with van der Waals surface area (Å²) in [5.74, 6) is -0.571. The van der Waals surface area contributed by atoms with Gasteiger partial charge < -0.3 is 20.0 Å². The maximum Gasteiger partial charge on any atom is 0.264 e. The topological polar surface area (TPSA) is 74.2 Å². The van der Waals surface area contributed by atoms with Crippen LogP contribution in [0.15, 0.2) is 29.4 Å². The van der Waals surface area contributed by atoms with Crippen LogP contribution >= 0.6 is 0 Å². The predicted molar refractivity (Wildman–Crippen MR) is 94.1 cm³/mol. The van der Waals surface area contributed by atoms with Gasteiger partial charge >= 0.3 is 0 Å². The molecule has 1 aromatic carbocycles. The second-order valence-electron chi connectivity index (χ2n) is 6.57. The molecule has 2 heterocycles. The van der Waals surface area contributed by atoms with Crippen LogP contribution in [0.4, 0.5) is 4.39 Å². The maximum absolute atomic E-state index is 13.0. The van der Waals surface area contributed by atoms with Gasteiger partial charge in [-0.2, -0.15) is 0 Å². The SMILES string of the molecule is CN1CCN(C(=O)CCNC(=O)C2CC(c3ccc(F)cc3)=NO2)CC1. The van der Waals surface area contributed by atoms with Gasteiger partial charge in [-0.05, 0) is 24.7 Å². The molecule has 0 aliphatic carbocycles. The van der Waals surface area contributed by atoms with Gasteiger partial charge in [-0.25, -0.2) is 4.39 Å². The number of amides is 2. The fourth-order valence-corrected chi connectivity index (χ4v) is 2.95. The summed E-state index contributed by atoms with van der Waals surface area (Å²) in [5.41, 5.74) is 1.34. The lowest BCUT2D eigenvalue weighted by Gasteiger charge is -2.32. The largest absolute Gasteiger partial charge is 0.382 e. The number of carbonyl (C=O) groups excluding carboxylic acids is 2. The predicted octanol–water partition coefficient (Wildman–Crippen LogP) is 0.599. The van der Waals surface area contributed by atoms with Crippen molar-refractivity contribution in [1.29, 1.82) is 0 Å². The molecule has 1 atom stereocenters. The van der Waals surface area contributed by atoms with E-state index in [1.807, 2.05) is 11.9 Å². The highest BCUT2D eigenvalue weighted by Gasteiger charge is 2.29. The van der Waals surface area contributed by atoms with Gasteiger partial charge in [0.2, 0.25) is 12.0 Å². The first-order valence-electron chi connectivity index (χ1n) is 8.75. The monoisotopic (exact) mass is 362 g/mol. The number of nitrogens with zero attached hydrogens (tertiary/aromatic N) is 3. The quantitative estimate of drug-likeness (QED) is 0.832. The van der Waals surface area contributed by atoms with Crippen molar-refractivity contribution in [3.63, 3.8) is 0 Å². The molecular formula is C18H23FN4O3. The molecule has 1 N–H and O–H groups in total. The second-order valence-corrected chi connectivity index (χ2v) is 6.57. The summed E-state index contributed by atoms with van der Waals surface area (Å²) in [7, 11) is 2.03. The first kappa shape index (κ1) is 18.3. The molecule has 7 nitrogen and oxygen atoms in total. The summed E-state index contributed by atoms with van der Waals surface area (Å²) in [5, 5.41) is 6.64. The van der Waals surface area contributed by atoms with E-state index in [4.69, 9.17) is 4.84 Å². The van der Waals surface area contributed by atoms with Crippen molar-refractivity contribution in [2.75, 3.05) is 39.8 Å². The molecule has 0 aromatic heterocycles. The van der Waals surface area contributed by atoms with Crippen molar-refractivity contribution in [3.8, 4) is 0 Å². The zero-order valence-corrected chi connectivity index (χ0v) is 14.8. The first-order chi connectivity index (χ1) is 12.5. The number of hydrogen-bond acceptors (Lipinski definition) is 5. The first-order valence-corrected chi connectivity index (χ1v) is 8.75. The van der Waals surface area contributed by atoms with E-state index in [0.29, 0.717) is 12.1 Å². The van der Waals surface area contributed by atoms with E-state index < -0.39 is 6.10 Å². The van der Waals surface area contributed by atoms with Crippen LogP contribution in [0.3, 0.4) is 0 Å². The average molecular weight is 362 g/mol. The Hall–Kier alpha value is -2.48. The van der Waals surface area contributed by atoms with Gasteiger partial charge in [0, 0.05) is 45.6 Å². The molecule has 0 spiro atoms. The Morgan fingerprint density at radius 3 is 2.62 bits per heavy atom. The van der Waals surface area contributed by atoms with Crippen LogP contribution in [0.2, 0.25) is 0 Å². The van der Waals surface area contributed by atoms with E-state index in [0.717, 1.165) is 31.7 Å². The van der Waals surface area contributed by atoms with Crippen molar-refractivity contribution in [2.24, 2.45) is 5.16 Å². The average Bonchev–Trinajstić information content (AvgIpc) is 3.13. The Bertz CT molecular complexity index is 684. The fourth-order valence-electron chi connectivity index (χ4n) is 2.95. The number of hydrogen-bond donors (Lipinski definition) is 1.